The second kappa shape index (κ2) is 5.63. The van der Waals surface area contributed by atoms with Crippen molar-refractivity contribution in [2.24, 2.45) is 0 Å². The van der Waals surface area contributed by atoms with E-state index in [0.717, 1.165) is 23.1 Å². The molecule has 26 heavy (non-hydrogen) atoms. The van der Waals surface area contributed by atoms with E-state index >= 15 is 0 Å². The number of rotatable bonds is 1. The van der Waals surface area contributed by atoms with Crippen LogP contribution in [0.4, 0.5) is 4.39 Å². The van der Waals surface area contributed by atoms with Gasteiger partial charge in [0.2, 0.25) is 0 Å². The third-order valence-electron chi connectivity index (χ3n) is 5.47. The molecule has 0 bridgehead atoms. The quantitative estimate of drug-likeness (QED) is 0.726. The number of H-pyrrole nitrogens is 1. The molecular formula is C18H18FN5O2. The van der Waals surface area contributed by atoms with Crippen LogP contribution < -0.4 is 0 Å². The maximum absolute atomic E-state index is 14.0. The summed E-state index contributed by atoms with van der Waals surface area (Å²) in [6.07, 6.45) is 2.47. The molecule has 5 rings (SSSR count). The summed E-state index contributed by atoms with van der Waals surface area (Å²) in [6, 6.07) is 4.83. The molecule has 1 N–H and O–H groups in total. The van der Waals surface area contributed by atoms with E-state index in [-0.39, 0.29) is 23.9 Å². The van der Waals surface area contributed by atoms with Crippen LogP contribution in [0.5, 0.6) is 0 Å². The first-order valence-electron chi connectivity index (χ1n) is 8.70. The van der Waals surface area contributed by atoms with Crippen molar-refractivity contribution in [2.45, 2.75) is 32.1 Å². The number of nitrogens with one attached hydrogen (secondary N) is 1. The van der Waals surface area contributed by atoms with Crippen molar-refractivity contribution in [1.29, 1.82) is 0 Å². The maximum atomic E-state index is 14.0. The Labute approximate surface area is 148 Å². The summed E-state index contributed by atoms with van der Waals surface area (Å²) in [6.45, 7) is 3.44. The first-order chi connectivity index (χ1) is 12.6. The van der Waals surface area contributed by atoms with Crippen molar-refractivity contribution in [3.05, 3.63) is 47.2 Å². The number of carbonyl (C=O) groups is 1. The number of halogens is 1. The molecule has 0 saturated carbocycles. The number of amides is 1. The normalized spacial score (nSPS) is 22.3. The van der Waals surface area contributed by atoms with Gasteiger partial charge in [-0.15, -0.1) is 5.10 Å². The fourth-order valence-corrected chi connectivity index (χ4v) is 4.05. The van der Waals surface area contributed by atoms with Gasteiger partial charge in [0.1, 0.15) is 11.5 Å². The minimum atomic E-state index is -0.351. The molecule has 0 unspecified atom stereocenters. The zero-order valence-corrected chi connectivity index (χ0v) is 14.3. The van der Waals surface area contributed by atoms with E-state index in [2.05, 4.69) is 15.3 Å². The predicted octanol–water partition coefficient (Wildman–Crippen LogP) is 2.19. The van der Waals surface area contributed by atoms with Crippen LogP contribution in [0.25, 0.3) is 10.9 Å². The third-order valence-corrected chi connectivity index (χ3v) is 5.47. The fourth-order valence-electron chi connectivity index (χ4n) is 4.05. The van der Waals surface area contributed by atoms with Gasteiger partial charge in [0.05, 0.1) is 36.2 Å². The molecular weight excluding hydrogens is 337 g/mol. The smallest absolute Gasteiger partial charge is 0.270 e. The van der Waals surface area contributed by atoms with Gasteiger partial charge < -0.3 is 14.6 Å². The standard InChI is InChI=1S/C18H18FN5O2/c1-10-12-3-2-4-13(19)17(12)21-16(10)18(25)23-6-5-15-14(8-23)24-11(9-26-15)7-20-22-24/h2-4,7,14-15,21H,5-6,8-9H2,1H3/t14-,15+/m1/s1. The Morgan fingerprint density at radius 1 is 1.42 bits per heavy atom. The first kappa shape index (κ1) is 15.5. The number of hydrogen-bond acceptors (Lipinski definition) is 4. The van der Waals surface area contributed by atoms with Crippen LogP contribution in [-0.4, -0.2) is 50.0 Å². The Balaban J connectivity index is 1.47. The second-order valence-electron chi connectivity index (χ2n) is 6.91. The third kappa shape index (κ3) is 2.18. The highest BCUT2D eigenvalue weighted by molar-refractivity contribution is 6.01. The molecule has 7 nitrogen and oxygen atoms in total. The van der Waals surface area contributed by atoms with Crippen LogP contribution in [0.15, 0.2) is 24.4 Å². The van der Waals surface area contributed by atoms with Gasteiger partial charge in [0.25, 0.3) is 5.91 Å². The molecule has 1 fully saturated rings. The van der Waals surface area contributed by atoms with E-state index in [0.29, 0.717) is 30.9 Å². The predicted molar refractivity (Wildman–Crippen MR) is 91.2 cm³/mol. The number of hydrogen-bond donors (Lipinski definition) is 1. The van der Waals surface area contributed by atoms with Crippen LogP contribution in [0, 0.1) is 12.7 Å². The SMILES string of the molecule is Cc1c(C(=O)N2CC[C@@H]3OCc4cnnn4[C@@H]3C2)[nH]c2c(F)cccc12. The minimum Gasteiger partial charge on any atom is -0.370 e. The van der Waals surface area contributed by atoms with Crippen LogP contribution in [-0.2, 0) is 11.3 Å². The Hall–Kier alpha value is -2.74. The summed E-state index contributed by atoms with van der Waals surface area (Å²) in [7, 11) is 0. The highest BCUT2D eigenvalue weighted by Crippen LogP contribution is 2.32. The van der Waals surface area contributed by atoms with Crippen LogP contribution in [0.2, 0.25) is 0 Å². The van der Waals surface area contributed by atoms with Crippen molar-refractivity contribution < 1.29 is 13.9 Å². The van der Waals surface area contributed by atoms with Gasteiger partial charge in [0.15, 0.2) is 0 Å². The van der Waals surface area contributed by atoms with Gasteiger partial charge in [-0.25, -0.2) is 9.07 Å². The van der Waals surface area contributed by atoms with Crippen molar-refractivity contribution in [3.8, 4) is 0 Å². The van der Waals surface area contributed by atoms with E-state index < -0.39 is 0 Å². The molecule has 4 heterocycles. The van der Waals surface area contributed by atoms with E-state index in [1.807, 2.05) is 17.7 Å². The number of para-hydroxylation sites is 1. The van der Waals surface area contributed by atoms with E-state index in [1.54, 1.807) is 17.2 Å². The zero-order valence-electron chi connectivity index (χ0n) is 14.3. The molecule has 0 aliphatic carbocycles. The summed E-state index contributed by atoms with van der Waals surface area (Å²) >= 11 is 0. The fraction of sp³-hybridized carbons (Fsp3) is 0.389. The van der Waals surface area contributed by atoms with Crippen molar-refractivity contribution in [1.82, 2.24) is 24.9 Å². The largest absolute Gasteiger partial charge is 0.370 e. The molecule has 2 aliphatic heterocycles. The van der Waals surface area contributed by atoms with Crippen LogP contribution in [0.3, 0.4) is 0 Å². The number of ether oxygens (including phenoxy) is 1. The summed E-state index contributed by atoms with van der Waals surface area (Å²) in [5, 5.41) is 8.86. The number of aromatic amines is 1. The number of aromatic nitrogens is 4. The summed E-state index contributed by atoms with van der Waals surface area (Å²) in [5.74, 6) is -0.472. The molecule has 0 spiro atoms. The number of benzene rings is 1. The highest BCUT2D eigenvalue weighted by Gasteiger charge is 2.38. The molecule has 3 aromatic rings. The van der Waals surface area contributed by atoms with Crippen LogP contribution >= 0.6 is 0 Å². The van der Waals surface area contributed by atoms with Gasteiger partial charge in [-0.05, 0) is 25.0 Å². The molecule has 2 aliphatic rings. The molecule has 1 aromatic carbocycles. The molecule has 134 valence electrons. The number of piperidine rings is 1. The van der Waals surface area contributed by atoms with Gasteiger partial charge in [-0.2, -0.15) is 0 Å². The van der Waals surface area contributed by atoms with Gasteiger partial charge in [-0.1, -0.05) is 17.3 Å². The van der Waals surface area contributed by atoms with E-state index in [1.165, 1.54) is 6.07 Å². The van der Waals surface area contributed by atoms with Gasteiger partial charge in [0, 0.05) is 18.5 Å². The number of aryl methyl sites for hydroxylation is 1. The highest BCUT2D eigenvalue weighted by atomic mass is 19.1. The van der Waals surface area contributed by atoms with Crippen LogP contribution in [0.1, 0.15) is 34.2 Å². The van der Waals surface area contributed by atoms with Gasteiger partial charge >= 0.3 is 0 Å². The maximum Gasteiger partial charge on any atom is 0.270 e. The van der Waals surface area contributed by atoms with E-state index in [4.69, 9.17) is 4.74 Å². The number of carbonyl (C=O) groups excluding carboxylic acids is 1. The molecule has 0 radical (unpaired) electrons. The summed E-state index contributed by atoms with van der Waals surface area (Å²) in [5.41, 5.74) is 2.51. The topological polar surface area (TPSA) is 76.0 Å². The molecule has 8 heteroatoms. The van der Waals surface area contributed by atoms with Crippen molar-refractivity contribution in [3.63, 3.8) is 0 Å². The lowest BCUT2D eigenvalue weighted by atomic mass is 10.00. The Morgan fingerprint density at radius 2 is 2.31 bits per heavy atom. The summed E-state index contributed by atoms with van der Waals surface area (Å²) < 4.78 is 21.8. The minimum absolute atomic E-state index is 0.0366. The number of likely N-dealkylation sites (tertiary alicyclic amines) is 1. The summed E-state index contributed by atoms with van der Waals surface area (Å²) in [4.78, 5) is 17.9. The molecule has 2 aromatic heterocycles. The lowest BCUT2D eigenvalue weighted by Gasteiger charge is -2.40. The Kier molecular flexibility index (Phi) is 3.36. The van der Waals surface area contributed by atoms with Gasteiger partial charge in [-0.3, -0.25) is 4.79 Å². The average Bonchev–Trinajstić information content (AvgIpc) is 3.27. The zero-order chi connectivity index (χ0) is 17.8. The lowest BCUT2D eigenvalue weighted by molar-refractivity contribution is -0.0605. The lowest BCUT2D eigenvalue weighted by Crippen LogP contribution is -2.50. The molecule has 2 atom stereocenters. The second-order valence-corrected chi connectivity index (χ2v) is 6.91. The Bertz CT molecular complexity index is 1010. The average molecular weight is 355 g/mol. The van der Waals surface area contributed by atoms with E-state index in [9.17, 15) is 9.18 Å². The molecule has 1 saturated heterocycles. The number of nitrogens with zero attached hydrogens (tertiary/aromatic N) is 4. The monoisotopic (exact) mass is 355 g/mol. The Morgan fingerprint density at radius 3 is 3.15 bits per heavy atom. The number of fused-ring (bicyclic) bond motifs is 4. The molecule has 1 amide bonds. The van der Waals surface area contributed by atoms with Crippen molar-refractivity contribution >= 4 is 16.8 Å². The first-order valence-corrected chi connectivity index (χ1v) is 8.70. The van der Waals surface area contributed by atoms with Crippen molar-refractivity contribution in [2.75, 3.05) is 13.1 Å².